The summed E-state index contributed by atoms with van der Waals surface area (Å²) in [5, 5.41) is 3.88. The summed E-state index contributed by atoms with van der Waals surface area (Å²) in [7, 11) is 0. The van der Waals surface area contributed by atoms with E-state index < -0.39 is 0 Å². The number of aromatic nitrogens is 2. The zero-order valence-corrected chi connectivity index (χ0v) is 16.7. The lowest BCUT2D eigenvalue weighted by Crippen LogP contribution is -2.32. The van der Waals surface area contributed by atoms with Gasteiger partial charge in [-0.05, 0) is 50.8 Å². The average molecular weight is 387 g/mol. The Kier molecular flexibility index (Phi) is 6.67. The molecule has 2 aromatic rings. The molecule has 0 radical (unpaired) electrons. The number of hydrogen-bond donors (Lipinski definition) is 1. The standard InChI is InChI=1S/C21H27ClN4O/c1-3-26(20(27)17-11-7-8-12-18(17)22)19-13-14-23-21(25-19)24-15(2)16-9-5-4-6-10-16/h7-8,11-16H,3-6,9-10H2,1-2H3,(H,23,24,25)/t15-/m0/s1. The molecule has 1 N–H and O–H groups in total. The molecule has 1 amide bonds. The highest BCUT2D eigenvalue weighted by Crippen LogP contribution is 2.28. The molecule has 1 saturated carbocycles. The largest absolute Gasteiger partial charge is 0.351 e. The van der Waals surface area contributed by atoms with Gasteiger partial charge in [0.25, 0.3) is 5.91 Å². The van der Waals surface area contributed by atoms with Crippen molar-refractivity contribution in [3.8, 4) is 0 Å². The van der Waals surface area contributed by atoms with Crippen molar-refractivity contribution in [1.29, 1.82) is 0 Å². The summed E-state index contributed by atoms with van der Waals surface area (Å²) in [5.74, 6) is 1.64. The fraction of sp³-hybridized carbons (Fsp3) is 0.476. The number of anilines is 2. The summed E-state index contributed by atoms with van der Waals surface area (Å²) in [5.41, 5.74) is 0.477. The lowest BCUT2D eigenvalue weighted by molar-refractivity contribution is 0.0987. The smallest absolute Gasteiger partial charge is 0.260 e. The molecule has 1 heterocycles. The Morgan fingerprint density at radius 1 is 1.26 bits per heavy atom. The zero-order valence-electron chi connectivity index (χ0n) is 16.0. The fourth-order valence-electron chi connectivity index (χ4n) is 3.71. The first-order valence-corrected chi connectivity index (χ1v) is 10.1. The van der Waals surface area contributed by atoms with E-state index in [2.05, 4.69) is 22.2 Å². The van der Waals surface area contributed by atoms with Gasteiger partial charge in [0.1, 0.15) is 5.82 Å². The Morgan fingerprint density at radius 2 is 2.00 bits per heavy atom. The number of halogens is 1. The van der Waals surface area contributed by atoms with Gasteiger partial charge in [0, 0.05) is 18.8 Å². The van der Waals surface area contributed by atoms with Crippen LogP contribution in [0.5, 0.6) is 0 Å². The third kappa shape index (κ3) is 4.78. The second-order valence-electron chi connectivity index (χ2n) is 7.10. The third-order valence-corrected chi connectivity index (χ3v) is 5.63. The topological polar surface area (TPSA) is 58.1 Å². The molecule has 0 saturated heterocycles. The van der Waals surface area contributed by atoms with Crippen molar-refractivity contribution >= 4 is 29.3 Å². The maximum Gasteiger partial charge on any atom is 0.260 e. The second kappa shape index (κ2) is 9.18. The van der Waals surface area contributed by atoms with Gasteiger partial charge in [-0.2, -0.15) is 4.98 Å². The van der Waals surface area contributed by atoms with Crippen molar-refractivity contribution in [3.05, 3.63) is 47.1 Å². The second-order valence-corrected chi connectivity index (χ2v) is 7.51. The average Bonchev–Trinajstić information content (AvgIpc) is 2.70. The van der Waals surface area contributed by atoms with Gasteiger partial charge in [-0.1, -0.05) is 43.0 Å². The monoisotopic (exact) mass is 386 g/mol. The van der Waals surface area contributed by atoms with E-state index in [9.17, 15) is 4.79 Å². The van der Waals surface area contributed by atoms with Gasteiger partial charge in [0.05, 0.1) is 10.6 Å². The maximum atomic E-state index is 12.9. The van der Waals surface area contributed by atoms with Crippen LogP contribution >= 0.6 is 11.6 Å². The van der Waals surface area contributed by atoms with Gasteiger partial charge in [-0.15, -0.1) is 0 Å². The van der Waals surface area contributed by atoms with E-state index >= 15 is 0 Å². The lowest BCUT2D eigenvalue weighted by Gasteiger charge is -2.28. The highest BCUT2D eigenvalue weighted by molar-refractivity contribution is 6.34. The molecular formula is C21H27ClN4O. The Morgan fingerprint density at radius 3 is 2.70 bits per heavy atom. The summed E-state index contributed by atoms with van der Waals surface area (Å²) in [6, 6.07) is 9.16. The number of carbonyl (C=O) groups excluding carboxylic acids is 1. The first-order valence-electron chi connectivity index (χ1n) is 9.76. The van der Waals surface area contributed by atoms with Crippen LogP contribution in [0.25, 0.3) is 0 Å². The van der Waals surface area contributed by atoms with Gasteiger partial charge in [0.15, 0.2) is 0 Å². The minimum atomic E-state index is -0.159. The Bertz CT molecular complexity index is 776. The molecule has 144 valence electrons. The van der Waals surface area contributed by atoms with E-state index in [1.54, 1.807) is 29.3 Å². The summed E-state index contributed by atoms with van der Waals surface area (Å²) in [6.45, 7) is 4.62. The van der Waals surface area contributed by atoms with Gasteiger partial charge in [0.2, 0.25) is 5.95 Å². The minimum absolute atomic E-state index is 0.159. The number of nitrogens with zero attached hydrogens (tertiary/aromatic N) is 3. The van der Waals surface area contributed by atoms with Gasteiger partial charge in [-0.25, -0.2) is 4.98 Å². The Balaban J connectivity index is 1.76. The van der Waals surface area contributed by atoms with Crippen molar-refractivity contribution in [3.63, 3.8) is 0 Å². The molecule has 3 rings (SSSR count). The van der Waals surface area contributed by atoms with Crippen molar-refractivity contribution < 1.29 is 4.79 Å². The molecular weight excluding hydrogens is 360 g/mol. The molecule has 0 aliphatic heterocycles. The van der Waals surface area contributed by atoms with Crippen LogP contribution < -0.4 is 10.2 Å². The number of benzene rings is 1. The summed E-state index contributed by atoms with van der Waals surface area (Å²) in [6.07, 6.45) is 8.13. The van der Waals surface area contributed by atoms with E-state index in [0.29, 0.717) is 40.9 Å². The third-order valence-electron chi connectivity index (χ3n) is 5.30. The molecule has 6 heteroatoms. The van der Waals surface area contributed by atoms with Crippen molar-refractivity contribution in [2.75, 3.05) is 16.8 Å². The molecule has 1 atom stereocenters. The molecule has 27 heavy (non-hydrogen) atoms. The van der Waals surface area contributed by atoms with Crippen LogP contribution in [-0.4, -0.2) is 28.5 Å². The van der Waals surface area contributed by atoms with Crippen LogP contribution in [0.4, 0.5) is 11.8 Å². The van der Waals surface area contributed by atoms with Crippen LogP contribution in [0.3, 0.4) is 0 Å². The molecule has 1 aliphatic carbocycles. The summed E-state index contributed by atoms with van der Waals surface area (Å²) < 4.78 is 0. The van der Waals surface area contributed by atoms with Crippen molar-refractivity contribution in [2.45, 2.75) is 52.0 Å². The predicted octanol–water partition coefficient (Wildman–Crippen LogP) is 5.18. The Hall–Kier alpha value is -2.14. The number of nitrogens with one attached hydrogen (secondary N) is 1. The SMILES string of the molecule is CCN(C(=O)c1ccccc1Cl)c1ccnc(N[C@@H](C)C2CCCCC2)n1. The highest BCUT2D eigenvalue weighted by atomic mass is 35.5. The van der Waals surface area contributed by atoms with Crippen LogP contribution in [0.1, 0.15) is 56.3 Å². The lowest BCUT2D eigenvalue weighted by atomic mass is 9.85. The molecule has 1 aliphatic rings. The number of rotatable bonds is 6. The minimum Gasteiger partial charge on any atom is -0.351 e. The first kappa shape index (κ1) is 19.6. The predicted molar refractivity (Wildman–Crippen MR) is 110 cm³/mol. The van der Waals surface area contributed by atoms with Gasteiger partial charge < -0.3 is 5.32 Å². The van der Waals surface area contributed by atoms with E-state index in [-0.39, 0.29) is 5.91 Å². The molecule has 0 bridgehead atoms. The van der Waals surface area contributed by atoms with Gasteiger partial charge >= 0.3 is 0 Å². The number of carbonyl (C=O) groups is 1. The quantitative estimate of drug-likeness (QED) is 0.743. The van der Waals surface area contributed by atoms with Crippen LogP contribution in [0.2, 0.25) is 5.02 Å². The summed E-state index contributed by atoms with van der Waals surface area (Å²) >= 11 is 6.20. The molecule has 1 aromatic heterocycles. The maximum absolute atomic E-state index is 12.9. The molecule has 5 nitrogen and oxygen atoms in total. The van der Waals surface area contributed by atoms with E-state index in [4.69, 9.17) is 11.6 Å². The van der Waals surface area contributed by atoms with Gasteiger partial charge in [-0.3, -0.25) is 9.69 Å². The van der Waals surface area contributed by atoms with Crippen molar-refractivity contribution in [2.24, 2.45) is 5.92 Å². The van der Waals surface area contributed by atoms with E-state index in [1.165, 1.54) is 32.1 Å². The zero-order chi connectivity index (χ0) is 19.2. The first-order chi connectivity index (χ1) is 13.1. The molecule has 1 fully saturated rings. The van der Waals surface area contributed by atoms with Crippen LogP contribution in [-0.2, 0) is 0 Å². The fourth-order valence-corrected chi connectivity index (χ4v) is 3.93. The van der Waals surface area contributed by atoms with E-state index in [1.807, 2.05) is 19.1 Å². The highest BCUT2D eigenvalue weighted by Gasteiger charge is 2.22. The molecule has 0 spiro atoms. The normalized spacial score (nSPS) is 16.0. The van der Waals surface area contributed by atoms with Crippen LogP contribution in [0.15, 0.2) is 36.5 Å². The van der Waals surface area contributed by atoms with E-state index in [0.717, 1.165) is 0 Å². The summed E-state index contributed by atoms with van der Waals surface area (Å²) in [4.78, 5) is 23.5. The molecule has 0 unspecified atom stereocenters. The Labute approximate surface area is 166 Å². The molecule has 1 aromatic carbocycles. The number of hydrogen-bond acceptors (Lipinski definition) is 4. The van der Waals surface area contributed by atoms with Crippen LogP contribution in [0, 0.1) is 5.92 Å². The van der Waals surface area contributed by atoms with Crippen molar-refractivity contribution in [1.82, 2.24) is 9.97 Å². The number of amides is 1.